The molecule has 0 aliphatic heterocycles. The van der Waals surface area contributed by atoms with Crippen molar-refractivity contribution in [3.05, 3.63) is 0 Å². The number of aliphatic hydroxyl groups excluding tert-OH is 1. The number of aliphatic hydroxyl groups is 1. The molecule has 0 radical (unpaired) electrons. The van der Waals surface area contributed by atoms with Crippen LogP contribution in [0.2, 0.25) is 0 Å². The molecule has 0 saturated heterocycles. The first-order valence-electron chi connectivity index (χ1n) is 40.6. The molecule has 0 fully saturated rings. The molecule has 3 N–H and O–H groups in total. The van der Waals surface area contributed by atoms with Crippen molar-refractivity contribution in [3.8, 4) is 0 Å². The van der Waals surface area contributed by atoms with Crippen molar-refractivity contribution < 1.29 is 80.2 Å². The number of hydrogen-bond acceptors (Lipinski definition) is 15. The van der Waals surface area contributed by atoms with Crippen LogP contribution in [0.15, 0.2) is 0 Å². The highest BCUT2D eigenvalue weighted by atomic mass is 31.2. The van der Waals surface area contributed by atoms with Crippen LogP contribution in [0.5, 0.6) is 0 Å². The summed E-state index contributed by atoms with van der Waals surface area (Å²) < 4.78 is 68.6. The summed E-state index contributed by atoms with van der Waals surface area (Å²) in [5.41, 5.74) is 0. The highest BCUT2D eigenvalue weighted by Crippen LogP contribution is 2.45. The standard InChI is InChI=1S/C78H152O17P2/c1-6-9-12-15-18-21-24-26-28-29-33-37-42-47-52-57-62-76(81)89-68-74(95-78(83)64-59-54-49-44-39-34-30-31-36-40-45-50-55-60-71(4)5)70-93-97(86,87)91-66-72(79)65-90-96(84,85)92-69-73(67-88-75(80)61-56-51-46-41-35-23-20-17-14-11-8-3)94-77(82)63-58-53-48-43-38-32-27-25-22-19-16-13-10-7-2/h71-74,79H,6-70H2,1-5H3,(H,84,85)(H,86,87)/t72-,73+,74+/m0/s1. The van der Waals surface area contributed by atoms with Crippen LogP contribution in [-0.4, -0.2) is 96.7 Å². The van der Waals surface area contributed by atoms with Gasteiger partial charge in [-0.3, -0.25) is 37.3 Å². The maximum absolute atomic E-state index is 13.1. The van der Waals surface area contributed by atoms with E-state index < -0.39 is 97.5 Å². The van der Waals surface area contributed by atoms with E-state index >= 15 is 0 Å². The number of phosphoric acid groups is 2. The molecule has 0 aromatic rings. The molecule has 5 atom stereocenters. The predicted molar refractivity (Wildman–Crippen MR) is 395 cm³/mol. The Labute approximate surface area is 594 Å². The van der Waals surface area contributed by atoms with E-state index in [1.54, 1.807) is 0 Å². The van der Waals surface area contributed by atoms with Crippen molar-refractivity contribution in [3.63, 3.8) is 0 Å². The maximum atomic E-state index is 13.1. The zero-order chi connectivity index (χ0) is 71.2. The van der Waals surface area contributed by atoms with Crippen LogP contribution in [0, 0.1) is 5.92 Å². The predicted octanol–water partition coefficient (Wildman–Crippen LogP) is 23.3. The zero-order valence-corrected chi connectivity index (χ0v) is 65.0. The van der Waals surface area contributed by atoms with E-state index in [0.717, 1.165) is 95.8 Å². The summed E-state index contributed by atoms with van der Waals surface area (Å²) in [6.45, 7) is 7.33. The van der Waals surface area contributed by atoms with Gasteiger partial charge >= 0.3 is 39.5 Å². The van der Waals surface area contributed by atoms with Crippen molar-refractivity contribution in [2.24, 2.45) is 5.92 Å². The van der Waals surface area contributed by atoms with Crippen LogP contribution >= 0.6 is 15.6 Å². The molecule has 0 bridgehead atoms. The summed E-state index contributed by atoms with van der Waals surface area (Å²) in [7, 11) is -9.91. The molecule has 2 unspecified atom stereocenters. The van der Waals surface area contributed by atoms with E-state index in [-0.39, 0.29) is 25.7 Å². The average Bonchev–Trinajstić information content (AvgIpc) is 2.27. The number of unbranched alkanes of at least 4 members (excludes halogenated alkanes) is 50. The van der Waals surface area contributed by atoms with E-state index in [0.29, 0.717) is 25.7 Å². The first kappa shape index (κ1) is 95.1. The highest BCUT2D eigenvalue weighted by Gasteiger charge is 2.30. The van der Waals surface area contributed by atoms with E-state index in [2.05, 4.69) is 34.6 Å². The lowest BCUT2D eigenvalue weighted by Gasteiger charge is -2.21. The SMILES string of the molecule is CCCCCCCCCCCCCCCCCCC(=O)OC[C@H](COP(=O)(O)OC[C@@H](O)COP(=O)(O)OC[C@@H](COC(=O)CCCCCCCCCCCCC)OC(=O)CCCCCCCCCCCCCCCC)OC(=O)CCCCCCCCCCCCCCCC(C)C. The van der Waals surface area contributed by atoms with E-state index in [9.17, 15) is 43.2 Å². The molecule has 0 aromatic heterocycles. The lowest BCUT2D eigenvalue weighted by Crippen LogP contribution is -2.30. The van der Waals surface area contributed by atoms with E-state index in [1.807, 2.05) is 0 Å². The van der Waals surface area contributed by atoms with Gasteiger partial charge in [0.05, 0.1) is 26.4 Å². The fraction of sp³-hybridized carbons (Fsp3) is 0.949. The fourth-order valence-corrected chi connectivity index (χ4v) is 13.6. The largest absolute Gasteiger partial charge is 0.472 e. The molecule has 0 amide bonds. The average molecular weight is 1420 g/mol. The van der Waals surface area contributed by atoms with E-state index in [1.165, 1.54) is 238 Å². The van der Waals surface area contributed by atoms with Crippen molar-refractivity contribution in [2.45, 2.75) is 432 Å². The van der Waals surface area contributed by atoms with Crippen LogP contribution in [-0.2, 0) is 65.4 Å². The first-order chi connectivity index (χ1) is 47.0. The topological polar surface area (TPSA) is 237 Å². The Morgan fingerprint density at radius 1 is 0.278 bits per heavy atom. The second-order valence-corrected chi connectivity index (χ2v) is 31.5. The van der Waals surface area contributed by atoms with Crippen LogP contribution < -0.4 is 0 Å². The summed E-state index contributed by atoms with van der Waals surface area (Å²) in [5.74, 6) is -1.32. The summed E-state index contributed by atoms with van der Waals surface area (Å²) >= 11 is 0. The number of carbonyl (C=O) groups excluding carboxylic acids is 4. The van der Waals surface area contributed by atoms with Gasteiger partial charge in [-0.15, -0.1) is 0 Å². The van der Waals surface area contributed by atoms with Gasteiger partial charge in [0, 0.05) is 25.7 Å². The Morgan fingerprint density at radius 2 is 0.474 bits per heavy atom. The second kappa shape index (κ2) is 71.1. The van der Waals surface area contributed by atoms with Crippen LogP contribution in [0.4, 0.5) is 0 Å². The van der Waals surface area contributed by atoms with Crippen molar-refractivity contribution in [2.75, 3.05) is 39.6 Å². The van der Waals surface area contributed by atoms with Gasteiger partial charge in [0.2, 0.25) is 0 Å². The minimum Gasteiger partial charge on any atom is -0.462 e. The van der Waals surface area contributed by atoms with Crippen LogP contribution in [0.25, 0.3) is 0 Å². The molecule has 97 heavy (non-hydrogen) atoms. The lowest BCUT2D eigenvalue weighted by molar-refractivity contribution is -0.161. The Kier molecular flexibility index (Phi) is 69.6. The van der Waals surface area contributed by atoms with Crippen molar-refractivity contribution >= 4 is 39.5 Å². The smallest absolute Gasteiger partial charge is 0.462 e. The molecular weight excluding hydrogens is 1270 g/mol. The Morgan fingerprint density at radius 3 is 0.701 bits per heavy atom. The molecule has 0 aromatic carbocycles. The third-order valence-electron chi connectivity index (χ3n) is 18.3. The normalized spacial score (nSPS) is 13.9. The Bertz CT molecular complexity index is 1860. The number of carbonyl (C=O) groups is 4. The van der Waals surface area contributed by atoms with Gasteiger partial charge in [0.15, 0.2) is 12.2 Å². The van der Waals surface area contributed by atoms with Crippen molar-refractivity contribution in [1.29, 1.82) is 0 Å². The molecule has 17 nitrogen and oxygen atoms in total. The fourth-order valence-electron chi connectivity index (χ4n) is 12.1. The minimum atomic E-state index is -4.96. The molecular formula is C78H152O17P2. The molecule has 0 spiro atoms. The van der Waals surface area contributed by atoms with Gasteiger partial charge in [0.1, 0.15) is 19.3 Å². The Balaban J connectivity index is 5.25. The lowest BCUT2D eigenvalue weighted by atomic mass is 10.0. The molecule has 19 heteroatoms. The summed E-state index contributed by atoms with van der Waals surface area (Å²) in [6, 6.07) is 0. The number of phosphoric ester groups is 2. The molecule has 0 saturated carbocycles. The molecule has 576 valence electrons. The van der Waals surface area contributed by atoms with Crippen LogP contribution in [0.3, 0.4) is 0 Å². The van der Waals surface area contributed by atoms with Gasteiger partial charge in [-0.2, -0.15) is 0 Å². The molecule has 0 aliphatic carbocycles. The van der Waals surface area contributed by atoms with Gasteiger partial charge in [-0.25, -0.2) is 9.13 Å². The monoisotopic (exact) mass is 1420 g/mol. The maximum Gasteiger partial charge on any atom is 0.472 e. The zero-order valence-electron chi connectivity index (χ0n) is 63.2. The molecule has 0 aliphatic rings. The minimum absolute atomic E-state index is 0.108. The van der Waals surface area contributed by atoms with Crippen LogP contribution in [0.1, 0.15) is 413 Å². The summed E-state index contributed by atoms with van der Waals surface area (Å²) in [4.78, 5) is 72.9. The van der Waals surface area contributed by atoms with Gasteiger partial charge < -0.3 is 33.8 Å². The number of hydrogen-bond donors (Lipinski definition) is 3. The third kappa shape index (κ3) is 72.2. The van der Waals surface area contributed by atoms with Gasteiger partial charge in [-0.1, -0.05) is 362 Å². The summed E-state index contributed by atoms with van der Waals surface area (Å²) in [5, 5.41) is 10.6. The Hall–Kier alpha value is -1.94. The second-order valence-electron chi connectivity index (χ2n) is 28.6. The van der Waals surface area contributed by atoms with Crippen molar-refractivity contribution in [1.82, 2.24) is 0 Å². The molecule has 0 rings (SSSR count). The number of rotatable bonds is 78. The number of ether oxygens (including phenoxy) is 4. The van der Waals surface area contributed by atoms with Gasteiger partial charge in [0.25, 0.3) is 0 Å². The third-order valence-corrected chi connectivity index (χ3v) is 20.2. The quantitative estimate of drug-likeness (QED) is 0.0222. The first-order valence-corrected chi connectivity index (χ1v) is 43.6. The molecule has 0 heterocycles. The number of esters is 4. The van der Waals surface area contributed by atoms with Gasteiger partial charge in [-0.05, 0) is 31.6 Å². The highest BCUT2D eigenvalue weighted by molar-refractivity contribution is 7.47. The van der Waals surface area contributed by atoms with E-state index in [4.69, 9.17) is 37.0 Å². The summed E-state index contributed by atoms with van der Waals surface area (Å²) in [6.07, 6.45) is 60.8.